The van der Waals surface area contributed by atoms with Crippen LogP contribution in [-0.2, 0) is 20.4 Å². The second kappa shape index (κ2) is 5.27. The third kappa shape index (κ3) is 3.21. The van der Waals surface area contributed by atoms with E-state index in [2.05, 4.69) is 31.0 Å². The minimum atomic E-state index is 0. The van der Waals surface area contributed by atoms with Gasteiger partial charge in [0.05, 0.1) is 0 Å². The molecule has 0 spiro atoms. The molecule has 1 heterocycles. The molecule has 1 fully saturated rings. The molecule has 0 aromatic carbocycles. The van der Waals surface area contributed by atoms with Crippen molar-refractivity contribution in [1.82, 2.24) is 4.90 Å². The minimum Gasteiger partial charge on any atom is -0.660 e. The summed E-state index contributed by atoms with van der Waals surface area (Å²) in [4.78, 5) is 2.51. The summed E-state index contributed by atoms with van der Waals surface area (Å²) in [5.74, 6) is 0. The third-order valence-corrected chi connectivity index (χ3v) is 2.14. The monoisotopic (exact) mass is 328 g/mol. The fourth-order valence-electron chi connectivity index (χ4n) is 1.56. The van der Waals surface area contributed by atoms with Gasteiger partial charge in [0.2, 0.25) is 0 Å². The first-order valence-electron chi connectivity index (χ1n) is 4.11. The maximum Gasteiger partial charge on any atom is 0.00399 e. The molecule has 0 aliphatic carbocycles. The van der Waals surface area contributed by atoms with Gasteiger partial charge in [-0.05, 0) is 26.4 Å². The maximum atomic E-state index is 4.35. The molecule has 3 heteroatoms. The molecule has 0 N–H and O–H groups in total. The van der Waals surface area contributed by atoms with Crippen LogP contribution in [0.4, 0.5) is 0 Å². The molecule has 67 valence electrons. The van der Waals surface area contributed by atoms with Crippen LogP contribution < -0.4 is 0 Å². The van der Waals surface area contributed by atoms with Crippen molar-refractivity contribution < 1.29 is 20.4 Å². The Morgan fingerprint density at radius 1 is 1.45 bits per heavy atom. The van der Waals surface area contributed by atoms with Gasteiger partial charge in [-0.3, -0.25) is 0 Å². The van der Waals surface area contributed by atoms with E-state index in [1.807, 2.05) is 0 Å². The van der Waals surface area contributed by atoms with Crippen LogP contribution >= 0.6 is 0 Å². The third-order valence-electron chi connectivity index (χ3n) is 2.14. The topological polar surface area (TPSA) is 17.3 Å². The van der Waals surface area contributed by atoms with Crippen molar-refractivity contribution in [3.63, 3.8) is 0 Å². The zero-order valence-corrected chi connectivity index (χ0v) is 10.3. The Labute approximate surface area is 83.4 Å². The average Bonchev–Trinajstić information content (AvgIpc) is 1.88. The van der Waals surface area contributed by atoms with Crippen molar-refractivity contribution in [2.24, 2.45) is 0 Å². The summed E-state index contributed by atoms with van der Waals surface area (Å²) in [5.41, 5.74) is 0. The Morgan fingerprint density at radius 3 is 2.45 bits per heavy atom. The summed E-state index contributed by atoms with van der Waals surface area (Å²) < 4.78 is 0. The van der Waals surface area contributed by atoms with Crippen LogP contribution in [0.3, 0.4) is 0 Å². The first kappa shape index (κ1) is 11.6. The van der Waals surface area contributed by atoms with Gasteiger partial charge in [-0.25, -0.2) is 0 Å². The molecule has 0 saturated carbocycles. The van der Waals surface area contributed by atoms with E-state index in [9.17, 15) is 0 Å². The molecule has 11 heavy (non-hydrogen) atoms. The molecule has 1 aliphatic rings. The smallest absolute Gasteiger partial charge is 0.00399 e. The molecule has 0 aromatic heterocycles. The van der Waals surface area contributed by atoms with Crippen molar-refractivity contribution in [2.45, 2.75) is 32.9 Å². The largest absolute Gasteiger partial charge is 0.660 e. The van der Waals surface area contributed by atoms with Gasteiger partial charge in [0.25, 0.3) is 0 Å². The molecule has 2 nitrogen and oxygen atoms in total. The van der Waals surface area contributed by atoms with Crippen LogP contribution in [0, 0.1) is 0 Å². The zero-order valence-electron chi connectivity index (χ0n) is 7.55. The summed E-state index contributed by atoms with van der Waals surface area (Å²) in [6.07, 6.45) is 0. The predicted molar refractivity (Wildman–Crippen MR) is 44.4 cm³/mol. The molecule has 1 radical (unpaired) electrons. The van der Waals surface area contributed by atoms with Crippen LogP contribution in [0.2, 0.25) is 0 Å². The maximum absolute atomic E-state index is 4.35. The number of hydrogen-bond donors (Lipinski definition) is 0. The Bertz CT molecular complexity index is 106. The van der Waals surface area contributed by atoms with Gasteiger partial charge in [0.15, 0.2) is 0 Å². The van der Waals surface area contributed by atoms with Crippen LogP contribution in [0.25, 0.3) is 5.32 Å². The first-order chi connectivity index (χ1) is 4.72. The van der Waals surface area contributed by atoms with Gasteiger partial charge in [-0.2, -0.15) is 0 Å². The molecule has 1 unspecified atom stereocenters. The Morgan fingerprint density at radius 2 is 2.09 bits per heavy atom. The quantitative estimate of drug-likeness (QED) is 0.713. The Kier molecular flexibility index (Phi) is 5.55. The summed E-state index contributed by atoms with van der Waals surface area (Å²) in [5, 5.41) is 4.35. The number of rotatable bonds is 1. The Balaban J connectivity index is 0.000001000. The number of hydrogen-bond acceptors (Lipinski definition) is 1. The van der Waals surface area contributed by atoms with E-state index in [0.29, 0.717) is 12.1 Å². The van der Waals surface area contributed by atoms with Gasteiger partial charge in [0, 0.05) is 26.5 Å². The van der Waals surface area contributed by atoms with Crippen molar-refractivity contribution in [3.8, 4) is 0 Å². The van der Waals surface area contributed by atoms with Crippen LogP contribution in [-0.4, -0.2) is 36.6 Å². The van der Waals surface area contributed by atoms with E-state index in [0.717, 1.165) is 19.6 Å². The molecular weight excluding hydrogens is 310 g/mol. The van der Waals surface area contributed by atoms with Crippen LogP contribution in [0.5, 0.6) is 0 Å². The molecule has 1 atom stereocenters. The van der Waals surface area contributed by atoms with E-state index in [4.69, 9.17) is 0 Å². The first-order valence-corrected chi connectivity index (χ1v) is 4.11. The normalized spacial score (nSPS) is 26.7. The van der Waals surface area contributed by atoms with Crippen molar-refractivity contribution in [2.75, 3.05) is 19.6 Å². The fraction of sp³-hybridized carbons (Fsp3) is 1.00. The molecule has 0 aromatic rings. The second-order valence-corrected chi connectivity index (χ2v) is 3.31. The fourth-order valence-corrected chi connectivity index (χ4v) is 1.56. The van der Waals surface area contributed by atoms with Gasteiger partial charge >= 0.3 is 0 Å². The number of nitrogens with zero attached hydrogens (tertiary/aromatic N) is 2. The predicted octanol–water partition coefficient (Wildman–Crippen LogP) is 1.47. The summed E-state index contributed by atoms with van der Waals surface area (Å²) in [6, 6.07) is 1.35. The molecule has 1 rings (SSSR count). The molecule has 1 aliphatic heterocycles. The zero-order chi connectivity index (χ0) is 7.56. The van der Waals surface area contributed by atoms with Gasteiger partial charge in [-0.1, -0.05) is 6.92 Å². The van der Waals surface area contributed by atoms with E-state index in [-0.39, 0.29) is 20.4 Å². The summed E-state index contributed by atoms with van der Waals surface area (Å²) >= 11 is 0. The van der Waals surface area contributed by atoms with Gasteiger partial charge in [0.1, 0.15) is 0 Å². The molecule has 0 amide bonds. The van der Waals surface area contributed by atoms with Crippen molar-refractivity contribution in [1.29, 1.82) is 0 Å². The average molecular weight is 327 g/mol. The van der Waals surface area contributed by atoms with Gasteiger partial charge in [-0.15, -0.1) is 13.1 Å². The van der Waals surface area contributed by atoms with E-state index < -0.39 is 0 Å². The van der Waals surface area contributed by atoms with Crippen molar-refractivity contribution in [3.05, 3.63) is 5.32 Å². The molecular formula is C8H17N2Re-. The minimum absolute atomic E-state index is 0. The second-order valence-electron chi connectivity index (χ2n) is 3.31. The Hall–Kier alpha value is 0.582. The molecule has 0 bridgehead atoms. The van der Waals surface area contributed by atoms with E-state index in [1.54, 1.807) is 0 Å². The van der Waals surface area contributed by atoms with Crippen LogP contribution in [0.1, 0.15) is 20.8 Å². The van der Waals surface area contributed by atoms with Crippen molar-refractivity contribution >= 4 is 0 Å². The number of piperazine rings is 1. The summed E-state index contributed by atoms with van der Waals surface area (Å²) in [7, 11) is 0. The SMILES string of the molecule is CC(C)N1CC[N-]CC1C.[Re]. The molecule has 1 saturated heterocycles. The summed E-state index contributed by atoms with van der Waals surface area (Å²) in [6.45, 7) is 9.96. The standard InChI is InChI=1S/C8H17N2.Re/c1-7(2)10-5-4-9-6-8(10)3;/h7-8H,4-6H2,1-3H3;/q-1;. The van der Waals surface area contributed by atoms with E-state index in [1.165, 1.54) is 0 Å². The van der Waals surface area contributed by atoms with Gasteiger partial charge < -0.3 is 10.2 Å². The van der Waals surface area contributed by atoms with E-state index >= 15 is 0 Å². The van der Waals surface area contributed by atoms with Crippen LogP contribution in [0.15, 0.2) is 0 Å².